The summed E-state index contributed by atoms with van der Waals surface area (Å²) in [6, 6.07) is 0. The van der Waals surface area contributed by atoms with Gasteiger partial charge in [0.25, 0.3) is 0 Å². The first-order valence-electron chi connectivity index (χ1n) is 7.27. The van der Waals surface area contributed by atoms with Gasteiger partial charge in [0.05, 0.1) is 0 Å². The van der Waals surface area contributed by atoms with Gasteiger partial charge in [-0.25, -0.2) is 0 Å². The minimum atomic E-state index is -1.08. The fraction of sp³-hybridized carbons (Fsp3) is 0.500. The molecular formula is C16H24Hg4O16. The summed E-state index contributed by atoms with van der Waals surface area (Å²) in [7, 11) is 0. The molecule has 0 aromatic heterocycles. The van der Waals surface area contributed by atoms with Crippen LogP contribution in [0.1, 0.15) is 55.4 Å². The van der Waals surface area contributed by atoms with Gasteiger partial charge in [0, 0.05) is 47.8 Å². The zero-order valence-electron chi connectivity index (χ0n) is 21.4. The number of rotatable bonds is 0. The summed E-state index contributed by atoms with van der Waals surface area (Å²) in [5.41, 5.74) is 0. The van der Waals surface area contributed by atoms with Crippen molar-refractivity contribution in [2.45, 2.75) is 55.4 Å². The largest absolute Gasteiger partial charge is 2.00 e. The number of aliphatic carboxylic acids is 8. The predicted octanol–water partition coefficient (Wildman–Crippen LogP) is -9.96. The molecule has 0 bridgehead atoms. The van der Waals surface area contributed by atoms with Gasteiger partial charge in [-0.3, -0.25) is 0 Å². The van der Waals surface area contributed by atoms with E-state index in [1.165, 1.54) is 0 Å². The number of carbonyl (C=O) groups excluding carboxylic acids is 8. The monoisotopic (exact) mass is 1280 g/mol. The van der Waals surface area contributed by atoms with Crippen molar-refractivity contribution in [3.8, 4) is 0 Å². The van der Waals surface area contributed by atoms with Gasteiger partial charge < -0.3 is 79.2 Å². The molecular weight excluding hydrogens is 1250 g/mol. The molecule has 0 unspecified atom stereocenters. The van der Waals surface area contributed by atoms with E-state index in [2.05, 4.69) is 0 Å². The van der Waals surface area contributed by atoms with Crippen LogP contribution in [0.3, 0.4) is 0 Å². The molecule has 0 spiro atoms. The van der Waals surface area contributed by atoms with Crippen molar-refractivity contribution in [2.24, 2.45) is 0 Å². The number of hydrogen-bond donors (Lipinski definition) is 0. The van der Waals surface area contributed by atoms with Gasteiger partial charge in [0.15, 0.2) is 0 Å². The third-order valence-electron chi connectivity index (χ3n) is 0. The molecule has 0 aliphatic carbocycles. The van der Waals surface area contributed by atoms with E-state index >= 15 is 0 Å². The van der Waals surface area contributed by atoms with Crippen molar-refractivity contribution in [3.63, 3.8) is 0 Å². The van der Waals surface area contributed by atoms with Crippen molar-refractivity contribution in [3.05, 3.63) is 0 Å². The summed E-state index contributed by atoms with van der Waals surface area (Å²) in [6.07, 6.45) is 0. The molecule has 0 aliphatic heterocycles. The fourth-order valence-corrected chi connectivity index (χ4v) is 0. The van der Waals surface area contributed by atoms with E-state index in [-0.39, 0.29) is 111 Å². The number of carboxylic acid groups (broad SMARTS) is 8. The molecule has 0 fully saturated rings. The summed E-state index contributed by atoms with van der Waals surface area (Å²) in [4.78, 5) is 71.1. The first-order valence-corrected chi connectivity index (χ1v) is 7.27. The van der Waals surface area contributed by atoms with Crippen LogP contribution in [0, 0.1) is 0 Å². The van der Waals surface area contributed by atoms with Gasteiger partial charge in [0.1, 0.15) is 0 Å². The van der Waals surface area contributed by atoms with Crippen LogP contribution in [-0.2, 0) is 149 Å². The summed E-state index contributed by atoms with van der Waals surface area (Å²) >= 11 is 0. The average Bonchev–Trinajstić information content (AvgIpc) is 2.30. The van der Waals surface area contributed by atoms with Gasteiger partial charge in [0.2, 0.25) is 0 Å². The molecule has 0 saturated heterocycles. The zero-order chi connectivity index (χ0) is 28.6. The van der Waals surface area contributed by atoms with Crippen LogP contribution in [0.25, 0.3) is 0 Å². The summed E-state index contributed by atoms with van der Waals surface area (Å²) in [6.45, 7) is 7.78. The first kappa shape index (κ1) is 76.5. The van der Waals surface area contributed by atoms with Crippen molar-refractivity contribution < 1.29 is 190 Å². The van der Waals surface area contributed by atoms with E-state index in [9.17, 15) is 0 Å². The SMILES string of the molecule is CC(=O)[O-].CC(=O)[O-].CC(=O)[O-].CC(=O)[O-].CC(=O)[O-].CC(=O)[O-].CC(=O)[O-].CC(=O)[O-].[Hg+2].[Hg+2].[Hg+2].[Hg+2]. The van der Waals surface area contributed by atoms with Crippen LogP contribution in [0.4, 0.5) is 0 Å². The maximum Gasteiger partial charge on any atom is 2.00 e. The van der Waals surface area contributed by atoms with Crippen LogP contribution in [0.15, 0.2) is 0 Å². The number of hydrogen-bond acceptors (Lipinski definition) is 16. The van der Waals surface area contributed by atoms with E-state index in [1.54, 1.807) is 0 Å². The summed E-state index contributed by atoms with van der Waals surface area (Å²) < 4.78 is 0. The van der Waals surface area contributed by atoms with Crippen molar-refractivity contribution in [1.82, 2.24) is 0 Å². The summed E-state index contributed by atoms with van der Waals surface area (Å²) in [5.74, 6) is -8.67. The predicted molar refractivity (Wildman–Crippen MR) is 85.4 cm³/mol. The Morgan fingerprint density at radius 1 is 0.250 bits per heavy atom. The van der Waals surface area contributed by atoms with Gasteiger partial charge in [-0.2, -0.15) is 0 Å². The molecule has 20 heteroatoms. The minimum absolute atomic E-state index is 0. The number of carboxylic acids is 8. The number of carbonyl (C=O) groups is 8. The Bertz CT molecular complexity index is 378. The molecule has 0 atom stereocenters. The Kier molecular flexibility index (Phi) is 149. The Morgan fingerprint density at radius 2 is 0.250 bits per heavy atom. The van der Waals surface area contributed by atoms with Crippen molar-refractivity contribution in [2.75, 3.05) is 0 Å². The smallest absolute Gasteiger partial charge is 0.550 e. The van der Waals surface area contributed by atoms with E-state index in [1.807, 2.05) is 0 Å². The van der Waals surface area contributed by atoms with Crippen LogP contribution < -0.4 is 40.9 Å². The third-order valence-corrected chi connectivity index (χ3v) is 0. The van der Waals surface area contributed by atoms with Gasteiger partial charge in [-0.05, 0) is 55.4 Å². The quantitative estimate of drug-likeness (QED) is 0.203. The molecule has 0 heterocycles. The fourth-order valence-electron chi connectivity index (χ4n) is 0. The Morgan fingerprint density at radius 3 is 0.250 bits per heavy atom. The Balaban J connectivity index is -0.0000000180. The standard InChI is InChI=1S/8C2H4O2.4Hg/c8*1-2(3)4;;;;/h8*1H3,(H,3,4);;;;/q;;;;;;;;4*+2/p-8. The molecule has 0 radical (unpaired) electrons. The zero-order valence-corrected chi connectivity index (χ0v) is 43.4. The summed E-state index contributed by atoms with van der Waals surface area (Å²) in [5, 5.41) is 71.1. The second-order valence-electron chi connectivity index (χ2n) is 3.93. The Hall–Kier alpha value is -0.500. The van der Waals surface area contributed by atoms with Crippen LogP contribution in [-0.4, -0.2) is 47.8 Å². The van der Waals surface area contributed by atoms with Crippen LogP contribution in [0.2, 0.25) is 0 Å². The van der Waals surface area contributed by atoms with Gasteiger partial charge in [-0.15, -0.1) is 0 Å². The van der Waals surface area contributed by atoms with Crippen molar-refractivity contribution >= 4 is 47.8 Å². The van der Waals surface area contributed by atoms with Crippen LogP contribution >= 0.6 is 0 Å². The Labute approximate surface area is 289 Å². The molecule has 0 aliphatic rings. The second kappa shape index (κ2) is 70.1. The first-order chi connectivity index (χ1) is 13.9. The topological polar surface area (TPSA) is 321 Å². The second-order valence-corrected chi connectivity index (χ2v) is 3.93. The molecule has 0 aromatic carbocycles. The minimum Gasteiger partial charge on any atom is -0.550 e. The van der Waals surface area contributed by atoms with E-state index in [4.69, 9.17) is 79.2 Å². The average molecular weight is 1270 g/mol. The normalized spacial score (nSPS) is 5.56. The molecule has 192 valence electrons. The van der Waals surface area contributed by atoms with Gasteiger partial charge >= 0.3 is 111 Å². The van der Waals surface area contributed by atoms with E-state index in [0.717, 1.165) is 55.4 Å². The maximum atomic E-state index is 8.89. The van der Waals surface area contributed by atoms with E-state index < -0.39 is 47.8 Å². The van der Waals surface area contributed by atoms with Gasteiger partial charge in [-0.1, -0.05) is 0 Å². The van der Waals surface area contributed by atoms with Crippen molar-refractivity contribution in [1.29, 1.82) is 0 Å². The molecule has 0 amide bonds. The molecule has 0 rings (SSSR count). The molecule has 16 nitrogen and oxygen atoms in total. The van der Waals surface area contributed by atoms with Crippen LogP contribution in [0.5, 0.6) is 0 Å². The molecule has 36 heavy (non-hydrogen) atoms. The molecule has 0 N–H and O–H groups in total. The third kappa shape index (κ3) is 142000. The maximum absolute atomic E-state index is 8.89. The molecule has 0 saturated carbocycles. The molecule has 0 aromatic rings. The van der Waals surface area contributed by atoms with E-state index in [0.29, 0.717) is 0 Å².